The molecule has 0 spiro atoms. The summed E-state index contributed by atoms with van der Waals surface area (Å²) < 4.78 is 10.5. The molecule has 2 rings (SSSR count). The van der Waals surface area contributed by atoms with Gasteiger partial charge in [0.2, 0.25) is 6.79 Å². The van der Waals surface area contributed by atoms with Crippen LogP contribution in [0.4, 0.5) is 0 Å². The fourth-order valence-electron chi connectivity index (χ4n) is 1.38. The lowest BCUT2D eigenvalue weighted by atomic mass is 10.1. The van der Waals surface area contributed by atoms with E-state index in [9.17, 15) is 0 Å². The average molecular weight is 175 g/mol. The van der Waals surface area contributed by atoms with E-state index >= 15 is 0 Å². The number of rotatable bonds is 2. The van der Waals surface area contributed by atoms with Crippen molar-refractivity contribution in [1.82, 2.24) is 0 Å². The Balaban J connectivity index is 2.26. The van der Waals surface area contributed by atoms with Crippen molar-refractivity contribution >= 4 is 0 Å². The fraction of sp³-hybridized carbons (Fsp3) is 0.300. The molecule has 0 unspecified atom stereocenters. The zero-order valence-electron chi connectivity index (χ0n) is 7.12. The van der Waals surface area contributed by atoms with Crippen molar-refractivity contribution in [2.45, 2.75) is 12.8 Å². The van der Waals surface area contributed by atoms with Gasteiger partial charge in [0.1, 0.15) is 0 Å². The van der Waals surface area contributed by atoms with Crippen LogP contribution in [0, 0.1) is 11.3 Å². The zero-order valence-corrected chi connectivity index (χ0v) is 7.12. The van der Waals surface area contributed by atoms with Gasteiger partial charge in [0.05, 0.1) is 6.07 Å². The molecular formula is C10H9NO2. The first-order chi connectivity index (χ1) is 6.42. The Labute approximate surface area is 76.5 Å². The molecular weight excluding hydrogens is 166 g/mol. The van der Waals surface area contributed by atoms with Crippen molar-refractivity contribution in [3.05, 3.63) is 23.8 Å². The Morgan fingerprint density at radius 3 is 3.15 bits per heavy atom. The van der Waals surface area contributed by atoms with Crippen LogP contribution in [0.3, 0.4) is 0 Å². The second-order valence-corrected chi connectivity index (χ2v) is 2.81. The van der Waals surface area contributed by atoms with Crippen molar-refractivity contribution in [1.29, 1.82) is 5.26 Å². The maximum atomic E-state index is 8.45. The van der Waals surface area contributed by atoms with Gasteiger partial charge in [-0.25, -0.2) is 0 Å². The van der Waals surface area contributed by atoms with Gasteiger partial charge in [-0.1, -0.05) is 12.1 Å². The van der Waals surface area contributed by atoms with Gasteiger partial charge < -0.3 is 9.47 Å². The van der Waals surface area contributed by atoms with E-state index < -0.39 is 0 Å². The molecule has 1 heterocycles. The molecule has 0 saturated heterocycles. The quantitative estimate of drug-likeness (QED) is 0.689. The minimum atomic E-state index is 0.291. The molecule has 0 amide bonds. The monoisotopic (exact) mass is 175 g/mol. The minimum Gasteiger partial charge on any atom is -0.454 e. The highest BCUT2D eigenvalue weighted by molar-refractivity contribution is 5.48. The SMILES string of the molecule is N#CCCc1cccc2c1OCO2. The van der Waals surface area contributed by atoms with Gasteiger partial charge in [0, 0.05) is 6.42 Å². The number of benzene rings is 1. The molecule has 1 aromatic carbocycles. The Hall–Kier alpha value is -1.69. The summed E-state index contributed by atoms with van der Waals surface area (Å²) in [5, 5.41) is 8.45. The van der Waals surface area contributed by atoms with Crippen molar-refractivity contribution < 1.29 is 9.47 Å². The van der Waals surface area contributed by atoms with Crippen molar-refractivity contribution in [2.24, 2.45) is 0 Å². The maximum Gasteiger partial charge on any atom is 0.231 e. The summed E-state index contributed by atoms with van der Waals surface area (Å²) in [6.45, 7) is 0.291. The van der Waals surface area contributed by atoms with Crippen LogP contribution in [0.25, 0.3) is 0 Å². The number of fused-ring (bicyclic) bond motifs is 1. The first kappa shape index (κ1) is 7.93. The molecule has 0 atom stereocenters. The van der Waals surface area contributed by atoms with E-state index in [0.29, 0.717) is 13.2 Å². The molecule has 0 N–H and O–H groups in total. The van der Waals surface area contributed by atoms with Gasteiger partial charge >= 0.3 is 0 Å². The number of aryl methyl sites for hydroxylation is 1. The summed E-state index contributed by atoms with van der Waals surface area (Å²) in [6.07, 6.45) is 1.24. The van der Waals surface area contributed by atoms with Crippen LogP contribution in [0.5, 0.6) is 11.5 Å². The summed E-state index contributed by atoms with van der Waals surface area (Å²) in [7, 11) is 0. The van der Waals surface area contributed by atoms with Crippen LogP contribution in [-0.4, -0.2) is 6.79 Å². The first-order valence-electron chi connectivity index (χ1n) is 4.16. The lowest BCUT2D eigenvalue weighted by Gasteiger charge is -2.01. The van der Waals surface area contributed by atoms with E-state index in [4.69, 9.17) is 14.7 Å². The Kier molecular flexibility index (Phi) is 2.05. The zero-order chi connectivity index (χ0) is 9.10. The van der Waals surface area contributed by atoms with E-state index in [-0.39, 0.29) is 0 Å². The van der Waals surface area contributed by atoms with Gasteiger partial charge in [-0.15, -0.1) is 0 Å². The highest BCUT2D eigenvalue weighted by atomic mass is 16.7. The third-order valence-corrected chi connectivity index (χ3v) is 1.98. The maximum absolute atomic E-state index is 8.45. The van der Waals surface area contributed by atoms with Crippen molar-refractivity contribution in [2.75, 3.05) is 6.79 Å². The summed E-state index contributed by atoms with van der Waals surface area (Å²) in [6, 6.07) is 7.86. The summed E-state index contributed by atoms with van der Waals surface area (Å²) in [5.74, 6) is 1.59. The topological polar surface area (TPSA) is 42.2 Å². The van der Waals surface area contributed by atoms with Crippen LogP contribution >= 0.6 is 0 Å². The number of para-hydroxylation sites is 1. The van der Waals surface area contributed by atoms with E-state index in [1.807, 2.05) is 18.2 Å². The van der Waals surface area contributed by atoms with Crippen LogP contribution in [0.2, 0.25) is 0 Å². The number of ether oxygens (including phenoxy) is 2. The molecule has 3 heteroatoms. The van der Waals surface area contributed by atoms with E-state index in [0.717, 1.165) is 23.5 Å². The van der Waals surface area contributed by atoms with E-state index in [2.05, 4.69) is 6.07 Å². The summed E-state index contributed by atoms with van der Waals surface area (Å²) in [5.41, 5.74) is 1.05. The van der Waals surface area contributed by atoms with Crippen LogP contribution in [-0.2, 0) is 6.42 Å². The second kappa shape index (κ2) is 3.36. The van der Waals surface area contributed by atoms with Gasteiger partial charge in [0.15, 0.2) is 11.5 Å². The number of hydrogen-bond donors (Lipinski definition) is 0. The molecule has 1 aliphatic rings. The molecule has 0 saturated carbocycles. The van der Waals surface area contributed by atoms with Gasteiger partial charge in [0.25, 0.3) is 0 Å². The summed E-state index contributed by atoms with van der Waals surface area (Å²) in [4.78, 5) is 0. The van der Waals surface area contributed by atoms with Gasteiger partial charge in [-0.05, 0) is 18.1 Å². The van der Waals surface area contributed by atoms with E-state index in [1.165, 1.54) is 0 Å². The molecule has 3 nitrogen and oxygen atoms in total. The lowest BCUT2D eigenvalue weighted by molar-refractivity contribution is 0.173. The normalized spacial score (nSPS) is 12.5. The standard InChI is InChI=1S/C10H9NO2/c11-6-2-4-8-3-1-5-9-10(8)13-7-12-9/h1,3,5H,2,4,7H2. The molecule has 0 aromatic heterocycles. The Morgan fingerprint density at radius 2 is 2.31 bits per heavy atom. The molecule has 66 valence electrons. The molecule has 13 heavy (non-hydrogen) atoms. The predicted octanol–water partition coefficient (Wildman–Crippen LogP) is 1.87. The highest BCUT2D eigenvalue weighted by Crippen LogP contribution is 2.35. The largest absolute Gasteiger partial charge is 0.454 e. The van der Waals surface area contributed by atoms with Crippen molar-refractivity contribution in [3.8, 4) is 17.6 Å². The molecule has 0 bridgehead atoms. The van der Waals surface area contributed by atoms with Crippen molar-refractivity contribution in [3.63, 3.8) is 0 Å². The Bertz CT molecular complexity index is 354. The molecule has 0 aliphatic carbocycles. The number of hydrogen-bond acceptors (Lipinski definition) is 3. The van der Waals surface area contributed by atoms with Crippen LogP contribution in [0.15, 0.2) is 18.2 Å². The fourth-order valence-corrected chi connectivity index (χ4v) is 1.38. The number of nitriles is 1. The van der Waals surface area contributed by atoms with Gasteiger partial charge in [-0.2, -0.15) is 5.26 Å². The summed E-state index contributed by atoms with van der Waals surface area (Å²) >= 11 is 0. The van der Waals surface area contributed by atoms with Crippen LogP contribution < -0.4 is 9.47 Å². The van der Waals surface area contributed by atoms with Gasteiger partial charge in [-0.3, -0.25) is 0 Å². The molecule has 1 aromatic rings. The molecule has 0 fully saturated rings. The molecule has 0 radical (unpaired) electrons. The third-order valence-electron chi connectivity index (χ3n) is 1.98. The second-order valence-electron chi connectivity index (χ2n) is 2.81. The lowest BCUT2D eigenvalue weighted by Crippen LogP contribution is -1.94. The smallest absolute Gasteiger partial charge is 0.231 e. The average Bonchev–Trinajstić information content (AvgIpc) is 2.62. The Morgan fingerprint density at radius 1 is 1.38 bits per heavy atom. The third kappa shape index (κ3) is 1.43. The van der Waals surface area contributed by atoms with E-state index in [1.54, 1.807) is 0 Å². The predicted molar refractivity (Wildman–Crippen MR) is 46.5 cm³/mol. The van der Waals surface area contributed by atoms with Crippen LogP contribution in [0.1, 0.15) is 12.0 Å². The molecule has 1 aliphatic heterocycles. The minimum absolute atomic E-state index is 0.291. The highest BCUT2D eigenvalue weighted by Gasteiger charge is 2.16. The first-order valence-corrected chi connectivity index (χ1v) is 4.16. The number of nitrogens with zero attached hydrogens (tertiary/aromatic N) is 1.